The van der Waals surface area contributed by atoms with Gasteiger partial charge < -0.3 is 29.1 Å². The summed E-state index contributed by atoms with van der Waals surface area (Å²) < 4.78 is 16.4. The third-order valence-electron chi connectivity index (χ3n) is 5.64. The van der Waals surface area contributed by atoms with Crippen LogP contribution in [0.1, 0.15) is 30.5 Å². The highest BCUT2D eigenvalue weighted by atomic mass is 16.7. The Labute approximate surface area is 193 Å². The summed E-state index contributed by atoms with van der Waals surface area (Å²) >= 11 is 0. The number of benzene rings is 2. The van der Waals surface area contributed by atoms with Crippen LogP contribution in [0.15, 0.2) is 48.0 Å². The van der Waals surface area contributed by atoms with E-state index >= 15 is 0 Å². The fraction of sp³-hybridized carbons (Fsp3) is 0.360. The summed E-state index contributed by atoms with van der Waals surface area (Å²) in [6, 6.07) is 11.5. The number of hydrogen-bond donors (Lipinski definition) is 1. The van der Waals surface area contributed by atoms with E-state index in [1.54, 1.807) is 18.2 Å². The highest BCUT2D eigenvalue weighted by Crippen LogP contribution is 2.41. The van der Waals surface area contributed by atoms with Crippen molar-refractivity contribution in [3.63, 3.8) is 0 Å². The quantitative estimate of drug-likeness (QED) is 0.374. The number of aliphatic hydroxyl groups is 1. The smallest absolute Gasteiger partial charge is 0.295 e. The van der Waals surface area contributed by atoms with Crippen molar-refractivity contribution in [2.45, 2.75) is 19.4 Å². The molecule has 1 saturated heterocycles. The molecule has 174 valence electrons. The SMILES string of the molecule is CCCOc1ccc(C2C(=C(O)c3ccc4c(c3)OCO4)C(=O)C(=O)N2CCN(C)C)cc1. The number of rotatable bonds is 8. The highest BCUT2D eigenvalue weighted by Gasteiger charge is 2.46. The van der Waals surface area contributed by atoms with Gasteiger partial charge in [0.25, 0.3) is 11.7 Å². The molecule has 1 unspecified atom stereocenters. The molecule has 2 aromatic carbocycles. The van der Waals surface area contributed by atoms with E-state index < -0.39 is 17.7 Å². The van der Waals surface area contributed by atoms with Crippen LogP contribution >= 0.6 is 0 Å². The van der Waals surface area contributed by atoms with E-state index in [4.69, 9.17) is 14.2 Å². The van der Waals surface area contributed by atoms with Gasteiger partial charge >= 0.3 is 0 Å². The molecule has 0 spiro atoms. The van der Waals surface area contributed by atoms with Crippen LogP contribution in [-0.2, 0) is 9.59 Å². The lowest BCUT2D eigenvalue weighted by Crippen LogP contribution is -2.35. The van der Waals surface area contributed by atoms with Crippen LogP contribution in [-0.4, -0.2) is 67.2 Å². The van der Waals surface area contributed by atoms with E-state index in [0.717, 1.165) is 12.0 Å². The van der Waals surface area contributed by atoms with Gasteiger partial charge in [0.05, 0.1) is 18.2 Å². The Morgan fingerprint density at radius 1 is 1.12 bits per heavy atom. The number of amides is 1. The minimum atomic E-state index is -0.712. The maximum Gasteiger partial charge on any atom is 0.295 e. The van der Waals surface area contributed by atoms with Crippen LogP contribution in [0.2, 0.25) is 0 Å². The molecule has 2 heterocycles. The normalized spacial score (nSPS) is 18.9. The molecule has 1 amide bonds. The predicted octanol–water partition coefficient (Wildman–Crippen LogP) is 3.19. The van der Waals surface area contributed by atoms with Crippen LogP contribution in [0.3, 0.4) is 0 Å². The number of ketones is 1. The molecular weight excluding hydrogens is 424 g/mol. The van der Waals surface area contributed by atoms with E-state index in [2.05, 4.69) is 0 Å². The minimum Gasteiger partial charge on any atom is -0.507 e. The van der Waals surface area contributed by atoms with Crippen molar-refractivity contribution in [3.05, 3.63) is 59.2 Å². The lowest BCUT2D eigenvalue weighted by atomic mass is 9.95. The first-order valence-corrected chi connectivity index (χ1v) is 11.0. The van der Waals surface area contributed by atoms with Gasteiger partial charge in [-0.25, -0.2) is 0 Å². The number of likely N-dealkylation sites (tertiary alicyclic amines) is 1. The van der Waals surface area contributed by atoms with Gasteiger partial charge in [-0.15, -0.1) is 0 Å². The molecule has 2 aliphatic heterocycles. The minimum absolute atomic E-state index is 0.0554. The number of ether oxygens (including phenoxy) is 3. The van der Waals surface area contributed by atoms with Gasteiger partial charge in [0.15, 0.2) is 11.5 Å². The zero-order valence-electron chi connectivity index (χ0n) is 19.0. The molecular formula is C25H28N2O6. The standard InChI is InChI=1S/C25H28N2O6/c1-4-13-31-18-8-5-16(6-9-18)22-21(24(29)25(30)27(22)12-11-26(2)3)23(28)17-7-10-19-20(14-17)33-15-32-19/h5-10,14,22,28H,4,11-13,15H2,1-3H3. The average Bonchev–Trinajstić information content (AvgIpc) is 3.38. The van der Waals surface area contributed by atoms with Gasteiger partial charge in [0.1, 0.15) is 11.5 Å². The zero-order chi connectivity index (χ0) is 23.5. The second-order valence-electron chi connectivity index (χ2n) is 8.28. The maximum absolute atomic E-state index is 13.1. The Hall–Kier alpha value is -3.52. The van der Waals surface area contributed by atoms with E-state index in [1.807, 2.05) is 50.2 Å². The van der Waals surface area contributed by atoms with Gasteiger partial charge in [-0.2, -0.15) is 0 Å². The Morgan fingerprint density at radius 2 is 1.85 bits per heavy atom. The van der Waals surface area contributed by atoms with Crippen LogP contribution in [0.25, 0.3) is 5.76 Å². The topological polar surface area (TPSA) is 88.5 Å². The van der Waals surface area contributed by atoms with Crippen molar-refractivity contribution in [2.24, 2.45) is 0 Å². The Kier molecular flexibility index (Phi) is 6.55. The highest BCUT2D eigenvalue weighted by molar-refractivity contribution is 6.46. The molecule has 2 aromatic rings. The van der Waals surface area contributed by atoms with Crippen LogP contribution < -0.4 is 14.2 Å². The average molecular weight is 453 g/mol. The van der Waals surface area contributed by atoms with Crippen molar-refractivity contribution in [2.75, 3.05) is 40.6 Å². The van der Waals surface area contributed by atoms with Gasteiger partial charge in [-0.3, -0.25) is 9.59 Å². The molecule has 8 heteroatoms. The van der Waals surface area contributed by atoms with Crippen LogP contribution in [0, 0.1) is 0 Å². The summed E-state index contributed by atoms with van der Waals surface area (Å²) in [5.41, 5.74) is 1.16. The summed E-state index contributed by atoms with van der Waals surface area (Å²) in [7, 11) is 3.80. The molecule has 1 fully saturated rings. The number of likely N-dealkylation sites (N-methyl/N-ethyl adjacent to an activating group) is 1. The molecule has 0 aromatic heterocycles. The van der Waals surface area contributed by atoms with Crippen molar-refractivity contribution < 1.29 is 28.9 Å². The first-order valence-electron chi connectivity index (χ1n) is 11.0. The first kappa shape index (κ1) is 22.7. The number of Topliss-reactive ketones (excluding diaryl/α,β-unsaturated/α-hetero) is 1. The van der Waals surface area contributed by atoms with Gasteiger partial charge in [0.2, 0.25) is 6.79 Å². The largest absolute Gasteiger partial charge is 0.507 e. The third kappa shape index (κ3) is 4.52. The van der Waals surface area contributed by atoms with Crippen LogP contribution in [0.5, 0.6) is 17.2 Å². The number of carbonyl (C=O) groups is 2. The molecule has 0 saturated carbocycles. The van der Waals surface area contributed by atoms with E-state index in [0.29, 0.717) is 42.5 Å². The second kappa shape index (κ2) is 9.54. The Bertz CT molecular complexity index is 1080. The van der Waals surface area contributed by atoms with E-state index in [9.17, 15) is 14.7 Å². The number of hydrogen-bond acceptors (Lipinski definition) is 7. The molecule has 8 nitrogen and oxygen atoms in total. The molecule has 0 bridgehead atoms. The maximum atomic E-state index is 13.1. The summed E-state index contributed by atoms with van der Waals surface area (Å²) in [4.78, 5) is 29.5. The Morgan fingerprint density at radius 3 is 2.55 bits per heavy atom. The number of aliphatic hydroxyl groups excluding tert-OH is 1. The monoisotopic (exact) mass is 452 g/mol. The van der Waals surface area contributed by atoms with Crippen molar-refractivity contribution in [1.29, 1.82) is 0 Å². The summed E-state index contributed by atoms with van der Waals surface area (Å²) in [6.07, 6.45) is 0.891. The van der Waals surface area contributed by atoms with Gasteiger partial charge in [-0.1, -0.05) is 19.1 Å². The van der Waals surface area contributed by atoms with Crippen molar-refractivity contribution in [1.82, 2.24) is 9.80 Å². The number of carbonyl (C=O) groups excluding carboxylic acids is 2. The molecule has 1 atom stereocenters. The van der Waals surface area contributed by atoms with E-state index in [-0.39, 0.29) is 18.1 Å². The lowest BCUT2D eigenvalue weighted by molar-refractivity contribution is -0.140. The fourth-order valence-electron chi connectivity index (χ4n) is 3.93. The summed E-state index contributed by atoms with van der Waals surface area (Å²) in [5, 5.41) is 11.2. The van der Waals surface area contributed by atoms with Crippen LogP contribution in [0.4, 0.5) is 0 Å². The first-order chi connectivity index (χ1) is 15.9. The Balaban J connectivity index is 1.76. The predicted molar refractivity (Wildman–Crippen MR) is 122 cm³/mol. The van der Waals surface area contributed by atoms with E-state index in [1.165, 1.54) is 4.90 Å². The molecule has 2 aliphatic rings. The van der Waals surface area contributed by atoms with Crippen molar-refractivity contribution in [3.8, 4) is 17.2 Å². The summed E-state index contributed by atoms with van der Waals surface area (Å²) in [5.74, 6) is 0.180. The molecule has 1 N–H and O–H groups in total. The van der Waals surface area contributed by atoms with Crippen molar-refractivity contribution >= 4 is 17.4 Å². The fourth-order valence-corrected chi connectivity index (χ4v) is 3.93. The lowest BCUT2D eigenvalue weighted by Gasteiger charge is -2.26. The molecule has 0 aliphatic carbocycles. The summed E-state index contributed by atoms with van der Waals surface area (Å²) in [6.45, 7) is 3.65. The number of fused-ring (bicyclic) bond motifs is 1. The number of nitrogens with zero attached hydrogens (tertiary/aromatic N) is 2. The second-order valence-corrected chi connectivity index (χ2v) is 8.28. The molecule has 33 heavy (non-hydrogen) atoms. The van der Waals surface area contributed by atoms with Gasteiger partial charge in [-0.05, 0) is 56.4 Å². The van der Waals surface area contributed by atoms with Gasteiger partial charge in [0, 0.05) is 18.7 Å². The zero-order valence-corrected chi connectivity index (χ0v) is 19.0. The third-order valence-corrected chi connectivity index (χ3v) is 5.64. The molecule has 0 radical (unpaired) electrons. The molecule has 4 rings (SSSR count).